The Morgan fingerprint density at radius 1 is 1.31 bits per heavy atom. The van der Waals surface area contributed by atoms with E-state index in [1.165, 1.54) is 0 Å². The van der Waals surface area contributed by atoms with E-state index in [0.29, 0.717) is 17.4 Å². The first kappa shape index (κ1) is 8.42. The van der Waals surface area contributed by atoms with E-state index in [0.717, 1.165) is 3.57 Å². The zero-order valence-corrected chi connectivity index (χ0v) is 8.59. The molecule has 0 aliphatic heterocycles. The van der Waals surface area contributed by atoms with Crippen molar-refractivity contribution in [3.8, 4) is 11.6 Å². The van der Waals surface area contributed by atoms with Crippen molar-refractivity contribution >= 4 is 28.4 Å². The van der Waals surface area contributed by atoms with E-state index < -0.39 is 0 Å². The molecule has 2 aromatic heterocycles. The third-order valence-electron chi connectivity index (χ3n) is 1.43. The van der Waals surface area contributed by atoms with Gasteiger partial charge in [-0.15, -0.1) is 0 Å². The molecule has 0 spiro atoms. The third kappa shape index (κ3) is 1.48. The molecule has 0 saturated carbocycles. The van der Waals surface area contributed by atoms with Crippen molar-refractivity contribution in [2.24, 2.45) is 0 Å². The topological polar surface area (TPSA) is 77.8 Å². The molecule has 2 N–H and O–H groups in total. The van der Waals surface area contributed by atoms with Gasteiger partial charge in [-0.05, 0) is 28.7 Å². The molecular formula is C7H5IN4O. The molecular weight excluding hydrogens is 283 g/mol. The van der Waals surface area contributed by atoms with Gasteiger partial charge >= 0.3 is 0 Å². The van der Waals surface area contributed by atoms with Gasteiger partial charge in [-0.25, -0.2) is 9.97 Å². The second kappa shape index (κ2) is 3.29. The van der Waals surface area contributed by atoms with Crippen LogP contribution in [0.5, 0.6) is 0 Å². The predicted octanol–water partition coefficient (Wildman–Crippen LogP) is 1.32. The average molecular weight is 288 g/mol. The molecule has 6 heteroatoms. The molecule has 0 atom stereocenters. The van der Waals surface area contributed by atoms with Gasteiger partial charge in [0.1, 0.15) is 3.57 Å². The van der Waals surface area contributed by atoms with Gasteiger partial charge in [0.15, 0.2) is 11.6 Å². The zero-order valence-electron chi connectivity index (χ0n) is 6.44. The number of halogens is 1. The molecule has 0 radical (unpaired) electrons. The van der Waals surface area contributed by atoms with Crippen LogP contribution in [0.15, 0.2) is 23.0 Å². The predicted molar refractivity (Wildman–Crippen MR) is 54.7 cm³/mol. The second-order valence-electron chi connectivity index (χ2n) is 2.28. The third-order valence-corrected chi connectivity index (χ3v) is 2.47. The fraction of sp³-hybridized carbons (Fsp3) is 0. The Bertz CT molecular complexity index is 414. The summed E-state index contributed by atoms with van der Waals surface area (Å²) in [5, 5.41) is 3.61. The van der Waals surface area contributed by atoms with Crippen LogP contribution in [0.3, 0.4) is 0 Å². The quantitative estimate of drug-likeness (QED) is 0.801. The lowest BCUT2D eigenvalue weighted by molar-refractivity contribution is 0.432. The van der Waals surface area contributed by atoms with E-state index in [1.54, 1.807) is 18.5 Å². The Balaban J connectivity index is 2.53. The number of nitrogens with two attached hydrogens (primary N) is 1. The lowest BCUT2D eigenvalue weighted by atomic mass is 10.4. The highest BCUT2D eigenvalue weighted by molar-refractivity contribution is 14.1. The van der Waals surface area contributed by atoms with Gasteiger partial charge < -0.3 is 10.3 Å². The number of rotatable bonds is 1. The normalized spacial score (nSPS) is 10.2. The van der Waals surface area contributed by atoms with Gasteiger partial charge in [0.05, 0.1) is 0 Å². The summed E-state index contributed by atoms with van der Waals surface area (Å²) in [6, 6.07) is 1.73. The summed E-state index contributed by atoms with van der Waals surface area (Å²) in [4.78, 5) is 8.04. The minimum Gasteiger partial charge on any atom is -0.380 e. The largest absolute Gasteiger partial charge is 0.380 e. The highest BCUT2D eigenvalue weighted by Gasteiger charge is 2.14. The maximum Gasteiger partial charge on any atom is 0.219 e. The molecule has 0 unspecified atom stereocenters. The van der Waals surface area contributed by atoms with Crippen molar-refractivity contribution in [1.29, 1.82) is 0 Å². The summed E-state index contributed by atoms with van der Waals surface area (Å²) in [6.07, 6.45) is 3.27. The van der Waals surface area contributed by atoms with Crippen molar-refractivity contribution in [3.05, 3.63) is 22.0 Å². The Morgan fingerprint density at radius 3 is 2.54 bits per heavy atom. The summed E-state index contributed by atoms with van der Waals surface area (Å²) in [5.74, 6) is 1.37. The fourth-order valence-corrected chi connectivity index (χ4v) is 1.28. The number of nitrogen functional groups attached to an aromatic ring is 1. The number of anilines is 1. The highest BCUT2D eigenvalue weighted by Crippen LogP contribution is 2.25. The van der Waals surface area contributed by atoms with Crippen molar-refractivity contribution in [2.75, 3.05) is 5.73 Å². The van der Waals surface area contributed by atoms with E-state index in [9.17, 15) is 0 Å². The smallest absolute Gasteiger partial charge is 0.219 e. The molecule has 2 rings (SSSR count). The molecule has 13 heavy (non-hydrogen) atoms. The zero-order chi connectivity index (χ0) is 9.26. The first-order valence-corrected chi connectivity index (χ1v) is 4.55. The lowest BCUT2D eigenvalue weighted by Crippen LogP contribution is -1.89. The Morgan fingerprint density at radius 2 is 2.00 bits per heavy atom. The van der Waals surface area contributed by atoms with Crippen LogP contribution in [0.1, 0.15) is 0 Å². The summed E-state index contributed by atoms with van der Waals surface area (Å²) < 4.78 is 5.71. The van der Waals surface area contributed by atoms with Crippen LogP contribution in [-0.2, 0) is 0 Å². The summed E-state index contributed by atoms with van der Waals surface area (Å²) in [5.41, 5.74) is 5.51. The van der Waals surface area contributed by atoms with Crippen molar-refractivity contribution in [2.45, 2.75) is 0 Å². The van der Waals surface area contributed by atoms with Gasteiger partial charge in [0.25, 0.3) is 0 Å². The number of hydrogen-bond donors (Lipinski definition) is 1. The molecule has 2 aromatic rings. The van der Waals surface area contributed by atoms with Gasteiger partial charge in [-0.1, -0.05) is 5.16 Å². The maximum absolute atomic E-state index is 5.51. The van der Waals surface area contributed by atoms with Crippen LogP contribution in [-0.4, -0.2) is 15.1 Å². The molecule has 0 amide bonds. The number of aromatic nitrogens is 3. The fourth-order valence-electron chi connectivity index (χ4n) is 0.847. The number of hydrogen-bond acceptors (Lipinski definition) is 5. The molecule has 66 valence electrons. The van der Waals surface area contributed by atoms with Gasteiger partial charge in [0.2, 0.25) is 5.76 Å². The maximum atomic E-state index is 5.51. The summed E-state index contributed by atoms with van der Waals surface area (Å²) in [6.45, 7) is 0. The van der Waals surface area contributed by atoms with Crippen LogP contribution < -0.4 is 5.73 Å². The molecule has 5 nitrogen and oxygen atoms in total. The van der Waals surface area contributed by atoms with E-state index >= 15 is 0 Å². The lowest BCUT2D eigenvalue weighted by Gasteiger charge is -1.91. The Hall–Kier alpha value is -1.18. The minimum absolute atomic E-state index is 0.364. The van der Waals surface area contributed by atoms with Crippen LogP contribution >= 0.6 is 22.6 Å². The first-order chi connectivity index (χ1) is 6.29. The molecule has 0 aliphatic rings. The second-order valence-corrected chi connectivity index (χ2v) is 3.36. The van der Waals surface area contributed by atoms with Crippen LogP contribution in [0.2, 0.25) is 0 Å². The summed E-state index contributed by atoms with van der Waals surface area (Å²) in [7, 11) is 0. The van der Waals surface area contributed by atoms with Gasteiger partial charge in [-0.3, -0.25) is 0 Å². The van der Waals surface area contributed by atoms with Crippen LogP contribution in [0, 0.1) is 3.57 Å². The minimum atomic E-state index is 0.364. The van der Waals surface area contributed by atoms with Crippen molar-refractivity contribution in [3.63, 3.8) is 0 Å². The van der Waals surface area contributed by atoms with E-state index in [4.69, 9.17) is 10.3 Å². The van der Waals surface area contributed by atoms with E-state index in [-0.39, 0.29) is 0 Å². The van der Waals surface area contributed by atoms with Crippen LogP contribution in [0.25, 0.3) is 11.6 Å². The standard InChI is InChI=1S/C7H5IN4O/c8-4-5(13-12-6(4)9)7-10-2-1-3-11-7/h1-3H,(H2,9,12). The average Bonchev–Trinajstić information content (AvgIpc) is 2.49. The van der Waals surface area contributed by atoms with E-state index in [1.807, 2.05) is 22.6 Å². The number of nitrogens with zero attached hydrogens (tertiary/aromatic N) is 3. The molecule has 0 aliphatic carbocycles. The Kier molecular flexibility index (Phi) is 2.13. The summed E-state index contributed by atoms with van der Waals surface area (Å²) >= 11 is 2.04. The molecule has 0 bridgehead atoms. The monoisotopic (exact) mass is 288 g/mol. The Labute approximate surface area is 87.5 Å². The molecule has 2 heterocycles. The van der Waals surface area contributed by atoms with Crippen LogP contribution in [0.4, 0.5) is 5.82 Å². The molecule has 0 fully saturated rings. The first-order valence-electron chi connectivity index (χ1n) is 3.47. The van der Waals surface area contributed by atoms with Crippen molar-refractivity contribution in [1.82, 2.24) is 15.1 Å². The highest BCUT2D eigenvalue weighted by atomic mass is 127. The van der Waals surface area contributed by atoms with E-state index in [2.05, 4.69) is 15.1 Å². The van der Waals surface area contributed by atoms with Crippen molar-refractivity contribution < 1.29 is 4.52 Å². The SMILES string of the molecule is Nc1noc(-c2ncccn2)c1I. The van der Waals surface area contributed by atoms with Gasteiger partial charge in [0, 0.05) is 12.4 Å². The molecule has 0 saturated heterocycles. The molecule has 0 aromatic carbocycles. The van der Waals surface area contributed by atoms with Gasteiger partial charge in [-0.2, -0.15) is 0 Å².